The molecular formula is C12H12ClN3O. The average molecular weight is 250 g/mol. The molecule has 17 heavy (non-hydrogen) atoms. The van der Waals surface area contributed by atoms with Crippen LogP contribution in [0.15, 0.2) is 48.8 Å². The predicted octanol–water partition coefficient (Wildman–Crippen LogP) is 1.68. The average Bonchev–Trinajstić information content (AvgIpc) is 2.33. The van der Waals surface area contributed by atoms with Gasteiger partial charge in [-0.1, -0.05) is 24.3 Å². The second-order valence-corrected chi connectivity index (χ2v) is 4.36. The molecule has 1 aliphatic rings. The zero-order chi connectivity index (χ0) is 12.3. The van der Waals surface area contributed by atoms with Crippen LogP contribution in [0.1, 0.15) is 5.56 Å². The summed E-state index contributed by atoms with van der Waals surface area (Å²) in [5, 5.41) is 2.62. The Hall–Kier alpha value is -1.81. The molecule has 5 heteroatoms. The van der Waals surface area contributed by atoms with Gasteiger partial charge in [-0.3, -0.25) is 4.98 Å². The minimum atomic E-state index is -0.827. The van der Waals surface area contributed by atoms with Crippen LogP contribution in [0.25, 0.3) is 0 Å². The lowest BCUT2D eigenvalue weighted by Crippen LogP contribution is -2.48. The van der Waals surface area contributed by atoms with Crippen molar-refractivity contribution in [3.05, 3.63) is 54.4 Å². The van der Waals surface area contributed by atoms with Crippen LogP contribution in [0.2, 0.25) is 0 Å². The molecule has 2 unspecified atom stereocenters. The number of hydrogen-bond donors (Lipinski definition) is 2. The van der Waals surface area contributed by atoms with Crippen LogP contribution < -0.4 is 11.1 Å². The summed E-state index contributed by atoms with van der Waals surface area (Å²) in [6.07, 6.45) is 10.6. The molecule has 0 fully saturated rings. The zero-order valence-corrected chi connectivity index (χ0v) is 9.76. The number of hydrogen-bond acceptors (Lipinski definition) is 2. The molecule has 0 saturated heterocycles. The number of carbonyl (C=O) groups is 1. The van der Waals surface area contributed by atoms with Crippen molar-refractivity contribution in [2.45, 2.75) is 10.9 Å². The number of nitrogens with zero attached hydrogens (tertiary/aromatic N) is 1. The summed E-state index contributed by atoms with van der Waals surface area (Å²) in [6.45, 7) is 0. The van der Waals surface area contributed by atoms with E-state index < -0.39 is 10.9 Å². The highest BCUT2D eigenvalue weighted by atomic mass is 35.5. The van der Waals surface area contributed by atoms with E-state index in [0.29, 0.717) is 0 Å². The van der Waals surface area contributed by atoms with Gasteiger partial charge in [0.05, 0.1) is 6.04 Å². The van der Waals surface area contributed by atoms with Crippen molar-refractivity contribution in [1.29, 1.82) is 0 Å². The summed E-state index contributed by atoms with van der Waals surface area (Å²) in [5.74, 6) is 0. The Labute approximate surface area is 104 Å². The summed E-state index contributed by atoms with van der Waals surface area (Å²) in [7, 11) is 0. The second-order valence-electron chi connectivity index (χ2n) is 3.73. The van der Waals surface area contributed by atoms with E-state index in [-0.39, 0.29) is 6.04 Å². The minimum Gasteiger partial charge on any atom is -0.352 e. The van der Waals surface area contributed by atoms with Crippen molar-refractivity contribution >= 4 is 17.6 Å². The first-order chi connectivity index (χ1) is 8.13. The molecule has 0 aromatic carbocycles. The Morgan fingerprint density at radius 2 is 2.12 bits per heavy atom. The van der Waals surface area contributed by atoms with E-state index in [1.807, 2.05) is 30.4 Å². The SMILES string of the molecule is NC(=O)NC1C=CC=CC1(Cl)c1ccncc1. The highest BCUT2D eigenvalue weighted by Gasteiger charge is 2.36. The Bertz CT molecular complexity index is 472. The summed E-state index contributed by atoms with van der Waals surface area (Å²) < 4.78 is 0. The topological polar surface area (TPSA) is 68.0 Å². The molecule has 0 aliphatic heterocycles. The smallest absolute Gasteiger partial charge is 0.312 e. The van der Waals surface area contributed by atoms with E-state index in [2.05, 4.69) is 10.3 Å². The number of nitrogens with two attached hydrogens (primary N) is 1. The molecule has 88 valence electrons. The summed E-state index contributed by atoms with van der Waals surface area (Å²) in [4.78, 5) is 14.1. The third kappa shape index (κ3) is 2.31. The van der Waals surface area contributed by atoms with Crippen LogP contribution >= 0.6 is 11.6 Å². The number of amides is 2. The second kappa shape index (κ2) is 4.59. The molecule has 0 spiro atoms. The Morgan fingerprint density at radius 1 is 1.41 bits per heavy atom. The number of primary amides is 1. The number of alkyl halides is 1. The highest BCUT2D eigenvalue weighted by Crippen LogP contribution is 2.36. The van der Waals surface area contributed by atoms with Gasteiger partial charge in [0.25, 0.3) is 0 Å². The van der Waals surface area contributed by atoms with Crippen LogP contribution in [0.3, 0.4) is 0 Å². The van der Waals surface area contributed by atoms with Crippen molar-refractivity contribution in [3.8, 4) is 0 Å². The normalized spacial score (nSPS) is 26.8. The highest BCUT2D eigenvalue weighted by molar-refractivity contribution is 6.26. The zero-order valence-electron chi connectivity index (χ0n) is 9.01. The van der Waals surface area contributed by atoms with Crippen LogP contribution in [0.4, 0.5) is 4.79 Å². The fourth-order valence-corrected chi connectivity index (χ4v) is 2.13. The first-order valence-electron chi connectivity index (χ1n) is 5.14. The standard InChI is InChI=1S/C12H12ClN3O/c13-12(9-4-7-15-8-5-9)6-2-1-3-10(12)16-11(14)17/h1-8,10H,(H3,14,16,17). The van der Waals surface area contributed by atoms with Gasteiger partial charge in [-0.05, 0) is 17.7 Å². The molecular weight excluding hydrogens is 238 g/mol. The molecule has 0 radical (unpaired) electrons. The maximum Gasteiger partial charge on any atom is 0.312 e. The van der Waals surface area contributed by atoms with E-state index in [0.717, 1.165) is 5.56 Å². The van der Waals surface area contributed by atoms with Gasteiger partial charge in [0, 0.05) is 12.4 Å². The number of nitrogens with one attached hydrogen (secondary N) is 1. The molecule has 0 bridgehead atoms. The predicted molar refractivity (Wildman–Crippen MR) is 66.6 cm³/mol. The monoisotopic (exact) mass is 249 g/mol. The molecule has 3 N–H and O–H groups in total. The fourth-order valence-electron chi connectivity index (χ4n) is 1.80. The quantitative estimate of drug-likeness (QED) is 0.783. The molecule has 1 aliphatic carbocycles. The van der Waals surface area contributed by atoms with Crippen LogP contribution in [0, 0.1) is 0 Å². The van der Waals surface area contributed by atoms with E-state index in [1.54, 1.807) is 18.5 Å². The largest absolute Gasteiger partial charge is 0.352 e. The van der Waals surface area contributed by atoms with Crippen molar-refractivity contribution in [2.24, 2.45) is 5.73 Å². The van der Waals surface area contributed by atoms with Gasteiger partial charge < -0.3 is 11.1 Å². The summed E-state index contributed by atoms with van der Waals surface area (Å²) in [5.41, 5.74) is 6.00. The van der Waals surface area contributed by atoms with Crippen molar-refractivity contribution in [1.82, 2.24) is 10.3 Å². The lowest BCUT2D eigenvalue weighted by atomic mass is 9.88. The van der Waals surface area contributed by atoms with E-state index in [4.69, 9.17) is 17.3 Å². The van der Waals surface area contributed by atoms with E-state index in [9.17, 15) is 4.79 Å². The van der Waals surface area contributed by atoms with Crippen LogP contribution in [-0.4, -0.2) is 17.1 Å². The van der Waals surface area contributed by atoms with Gasteiger partial charge in [-0.25, -0.2) is 4.79 Å². The van der Waals surface area contributed by atoms with Gasteiger partial charge >= 0.3 is 6.03 Å². The number of carbonyl (C=O) groups excluding carboxylic acids is 1. The van der Waals surface area contributed by atoms with Gasteiger partial charge in [-0.2, -0.15) is 0 Å². The first kappa shape index (κ1) is 11.7. The third-order valence-corrected chi connectivity index (χ3v) is 3.21. The maximum absolute atomic E-state index is 11.0. The Morgan fingerprint density at radius 3 is 2.76 bits per heavy atom. The first-order valence-corrected chi connectivity index (χ1v) is 5.52. The maximum atomic E-state index is 11.0. The Balaban J connectivity index is 2.36. The molecule has 1 aromatic heterocycles. The number of allylic oxidation sites excluding steroid dienone is 2. The number of aromatic nitrogens is 1. The minimum absolute atomic E-state index is 0.380. The van der Waals surface area contributed by atoms with Gasteiger partial charge in [0.15, 0.2) is 0 Å². The van der Waals surface area contributed by atoms with Crippen molar-refractivity contribution < 1.29 is 4.79 Å². The van der Waals surface area contributed by atoms with Crippen LogP contribution in [0.5, 0.6) is 0 Å². The number of urea groups is 1. The number of pyridine rings is 1. The molecule has 2 amide bonds. The summed E-state index contributed by atoms with van der Waals surface area (Å²) >= 11 is 6.57. The third-order valence-electron chi connectivity index (χ3n) is 2.63. The van der Waals surface area contributed by atoms with Crippen molar-refractivity contribution in [2.75, 3.05) is 0 Å². The van der Waals surface area contributed by atoms with E-state index in [1.165, 1.54) is 0 Å². The van der Waals surface area contributed by atoms with Gasteiger partial charge in [-0.15, -0.1) is 11.6 Å². The van der Waals surface area contributed by atoms with Crippen LogP contribution in [-0.2, 0) is 4.87 Å². The lowest BCUT2D eigenvalue weighted by Gasteiger charge is -2.33. The van der Waals surface area contributed by atoms with Gasteiger partial charge in [0.1, 0.15) is 4.87 Å². The molecule has 2 atom stereocenters. The summed E-state index contributed by atoms with van der Waals surface area (Å²) in [6, 6.07) is 2.64. The molecule has 1 heterocycles. The molecule has 0 saturated carbocycles. The molecule has 4 nitrogen and oxygen atoms in total. The number of halogens is 1. The lowest BCUT2D eigenvalue weighted by molar-refractivity contribution is 0.245. The van der Waals surface area contributed by atoms with Crippen molar-refractivity contribution in [3.63, 3.8) is 0 Å². The Kier molecular flexibility index (Phi) is 3.15. The van der Waals surface area contributed by atoms with E-state index >= 15 is 0 Å². The fraction of sp³-hybridized carbons (Fsp3) is 0.167. The molecule has 2 rings (SSSR count). The van der Waals surface area contributed by atoms with Gasteiger partial charge in [0.2, 0.25) is 0 Å². The number of rotatable bonds is 2. The molecule has 1 aromatic rings.